The number of halogens is 2. The number of alkyl halides is 2. The lowest BCUT2D eigenvalue weighted by atomic mass is 10.1. The van der Waals surface area contributed by atoms with Crippen LogP contribution >= 0.6 is 11.8 Å². The highest BCUT2D eigenvalue weighted by atomic mass is 32.2. The molecule has 5 nitrogen and oxygen atoms in total. The van der Waals surface area contributed by atoms with Crippen LogP contribution in [0, 0.1) is 6.92 Å². The third-order valence-corrected chi connectivity index (χ3v) is 4.76. The van der Waals surface area contributed by atoms with Crippen molar-refractivity contribution in [2.45, 2.75) is 30.4 Å². The van der Waals surface area contributed by atoms with Crippen LogP contribution in [0.3, 0.4) is 0 Å². The summed E-state index contributed by atoms with van der Waals surface area (Å²) in [6, 6.07) is 11.4. The lowest BCUT2D eigenvalue weighted by Crippen LogP contribution is -2.16. The van der Waals surface area contributed by atoms with Crippen molar-refractivity contribution in [1.29, 1.82) is 0 Å². The van der Waals surface area contributed by atoms with Gasteiger partial charge in [-0.25, -0.2) is 8.78 Å². The van der Waals surface area contributed by atoms with Crippen LogP contribution in [0.4, 0.5) is 14.5 Å². The van der Waals surface area contributed by atoms with E-state index in [0.717, 1.165) is 11.8 Å². The van der Waals surface area contributed by atoms with Crippen molar-refractivity contribution in [2.75, 3.05) is 11.9 Å². The average Bonchev–Trinajstić information content (AvgIpc) is 2.62. The molecule has 144 valence electrons. The van der Waals surface area contributed by atoms with Gasteiger partial charge in [-0.15, -0.1) is 11.8 Å². The standard InChI is InChI=1S/C19H19F2NO4S/c1-11-7-8-13(9-15(11)26-10-17(20)21)22-18(23)14-5-3-4-6-16(14)27-12(2)19(24)25/h3-9,12,17H,10H2,1-2H3,(H,22,23)(H,24,25). The molecule has 0 aromatic heterocycles. The first-order valence-corrected chi connectivity index (χ1v) is 8.97. The Labute approximate surface area is 159 Å². The minimum Gasteiger partial charge on any atom is -0.487 e. The number of amides is 1. The van der Waals surface area contributed by atoms with E-state index in [1.807, 2.05) is 0 Å². The molecule has 0 radical (unpaired) electrons. The molecular formula is C19H19F2NO4S. The molecule has 1 atom stereocenters. The molecule has 1 amide bonds. The summed E-state index contributed by atoms with van der Waals surface area (Å²) in [6.45, 7) is 2.52. The quantitative estimate of drug-likeness (QED) is 0.646. The zero-order chi connectivity index (χ0) is 20.0. The van der Waals surface area contributed by atoms with Crippen LogP contribution in [0.2, 0.25) is 0 Å². The first kappa shape index (κ1) is 20.7. The fraction of sp³-hybridized carbons (Fsp3) is 0.263. The number of carboxylic acid groups (broad SMARTS) is 1. The predicted octanol–water partition coefficient (Wildman–Crippen LogP) is 4.46. The number of benzene rings is 2. The second kappa shape index (κ2) is 9.36. The number of aryl methyl sites for hydroxylation is 1. The molecule has 0 spiro atoms. The van der Waals surface area contributed by atoms with Gasteiger partial charge in [0.2, 0.25) is 0 Å². The van der Waals surface area contributed by atoms with Crippen molar-refractivity contribution in [3.8, 4) is 5.75 Å². The molecule has 1 unspecified atom stereocenters. The van der Waals surface area contributed by atoms with Crippen LogP contribution in [-0.4, -0.2) is 35.3 Å². The molecule has 0 bridgehead atoms. The zero-order valence-electron chi connectivity index (χ0n) is 14.7. The summed E-state index contributed by atoms with van der Waals surface area (Å²) >= 11 is 1.07. The van der Waals surface area contributed by atoms with Crippen molar-refractivity contribution in [3.63, 3.8) is 0 Å². The van der Waals surface area contributed by atoms with E-state index in [2.05, 4.69) is 5.32 Å². The number of carbonyl (C=O) groups is 2. The monoisotopic (exact) mass is 395 g/mol. The molecule has 2 aromatic rings. The minimum absolute atomic E-state index is 0.259. The summed E-state index contributed by atoms with van der Waals surface area (Å²) < 4.78 is 29.8. The number of carboxylic acids is 1. The Balaban J connectivity index is 2.18. The third-order valence-electron chi connectivity index (χ3n) is 3.59. The van der Waals surface area contributed by atoms with Gasteiger partial charge >= 0.3 is 5.97 Å². The van der Waals surface area contributed by atoms with Crippen LogP contribution in [0.5, 0.6) is 5.75 Å². The summed E-state index contributed by atoms with van der Waals surface area (Å²) in [5, 5.41) is 11.0. The van der Waals surface area contributed by atoms with Gasteiger partial charge in [0.1, 0.15) is 17.6 Å². The van der Waals surface area contributed by atoms with Crippen molar-refractivity contribution < 1.29 is 28.2 Å². The van der Waals surface area contributed by atoms with Crippen molar-refractivity contribution in [3.05, 3.63) is 53.6 Å². The topological polar surface area (TPSA) is 75.6 Å². The van der Waals surface area contributed by atoms with Gasteiger partial charge in [0.15, 0.2) is 0 Å². The zero-order valence-corrected chi connectivity index (χ0v) is 15.6. The summed E-state index contributed by atoms with van der Waals surface area (Å²) in [6.07, 6.45) is -2.59. The highest BCUT2D eigenvalue weighted by Gasteiger charge is 2.18. The fourth-order valence-electron chi connectivity index (χ4n) is 2.18. The molecule has 0 saturated heterocycles. The van der Waals surface area contributed by atoms with E-state index >= 15 is 0 Å². The molecule has 0 aliphatic rings. The minimum atomic E-state index is -2.59. The number of hydrogen-bond acceptors (Lipinski definition) is 4. The first-order chi connectivity index (χ1) is 12.8. The Bertz CT molecular complexity index is 829. The summed E-state index contributed by atoms with van der Waals surface area (Å²) in [4.78, 5) is 24.2. The van der Waals surface area contributed by atoms with Gasteiger partial charge in [0.25, 0.3) is 12.3 Å². The van der Waals surface area contributed by atoms with Gasteiger partial charge in [0, 0.05) is 16.6 Å². The van der Waals surface area contributed by atoms with Crippen molar-refractivity contribution >= 4 is 29.3 Å². The van der Waals surface area contributed by atoms with E-state index in [1.165, 1.54) is 13.0 Å². The molecule has 8 heteroatoms. The number of aliphatic carboxylic acids is 1. The van der Waals surface area contributed by atoms with Crippen molar-refractivity contribution in [1.82, 2.24) is 0 Å². The second-order valence-electron chi connectivity index (χ2n) is 5.73. The van der Waals surface area contributed by atoms with E-state index in [4.69, 9.17) is 9.84 Å². The largest absolute Gasteiger partial charge is 0.487 e. The number of anilines is 1. The SMILES string of the molecule is Cc1ccc(NC(=O)c2ccccc2SC(C)C(=O)O)cc1OCC(F)F. The fourth-order valence-corrected chi connectivity index (χ4v) is 3.11. The normalized spacial score (nSPS) is 11.9. The number of ether oxygens (including phenoxy) is 1. The Morgan fingerprint density at radius 2 is 1.93 bits per heavy atom. The van der Waals surface area contributed by atoms with Crippen LogP contribution in [-0.2, 0) is 4.79 Å². The van der Waals surface area contributed by atoms with Gasteiger partial charge in [0.05, 0.1) is 5.56 Å². The highest BCUT2D eigenvalue weighted by molar-refractivity contribution is 8.00. The number of carbonyl (C=O) groups excluding carboxylic acids is 1. The summed E-state index contributed by atoms with van der Waals surface area (Å²) in [5.41, 5.74) is 1.38. The Hall–Kier alpha value is -2.61. The summed E-state index contributed by atoms with van der Waals surface area (Å²) in [7, 11) is 0. The van der Waals surface area contributed by atoms with Crippen LogP contribution < -0.4 is 10.1 Å². The predicted molar refractivity (Wildman–Crippen MR) is 100 cm³/mol. The van der Waals surface area contributed by atoms with Crippen LogP contribution in [0.1, 0.15) is 22.8 Å². The van der Waals surface area contributed by atoms with Gasteiger partial charge in [-0.1, -0.05) is 18.2 Å². The molecule has 0 aliphatic carbocycles. The molecule has 2 aromatic carbocycles. The molecular weight excluding hydrogens is 376 g/mol. The molecule has 0 fully saturated rings. The molecule has 0 heterocycles. The van der Waals surface area contributed by atoms with Gasteiger partial charge in [-0.2, -0.15) is 0 Å². The van der Waals surface area contributed by atoms with Crippen LogP contribution in [0.15, 0.2) is 47.4 Å². The van der Waals surface area contributed by atoms with Gasteiger partial charge in [-0.3, -0.25) is 9.59 Å². The molecule has 0 saturated carbocycles. The van der Waals surface area contributed by atoms with E-state index < -0.39 is 30.2 Å². The number of hydrogen-bond donors (Lipinski definition) is 2. The van der Waals surface area contributed by atoms with E-state index in [0.29, 0.717) is 21.7 Å². The maximum Gasteiger partial charge on any atom is 0.316 e. The molecule has 27 heavy (non-hydrogen) atoms. The number of rotatable bonds is 8. The van der Waals surface area contributed by atoms with E-state index in [1.54, 1.807) is 43.3 Å². The number of thioether (sulfide) groups is 1. The molecule has 2 N–H and O–H groups in total. The van der Waals surface area contributed by atoms with Gasteiger partial charge < -0.3 is 15.2 Å². The molecule has 2 rings (SSSR count). The number of nitrogens with one attached hydrogen (secondary N) is 1. The van der Waals surface area contributed by atoms with Crippen molar-refractivity contribution in [2.24, 2.45) is 0 Å². The highest BCUT2D eigenvalue weighted by Crippen LogP contribution is 2.28. The Morgan fingerprint density at radius 3 is 2.59 bits per heavy atom. The molecule has 0 aliphatic heterocycles. The Morgan fingerprint density at radius 1 is 1.22 bits per heavy atom. The second-order valence-corrected chi connectivity index (χ2v) is 7.11. The van der Waals surface area contributed by atoms with Crippen LogP contribution in [0.25, 0.3) is 0 Å². The lowest BCUT2D eigenvalue weighted by molar-refractivity contribution is -0.136. The average molecular weight is 395 g/mol. The summed E-state index contributed by atoms with van der Waals surface area (Å²) in [5.74, 6) is -1.15. The lowest BCUT2D eigenvalue weighted by Gasteiger charge is -2.14. The smallest absolute Gasteiger partial charge is 0.316 e. The maximum atomic E-state index is 12.6. The third kappa shape index (κ3) is 5.96. The maximum absolute atomic E-state index is 12.6. The van der Waals surface area contributed by atoms with E-state index in [9.17, 15) is 18.4 Å². The van der Waals surface area contributed by atoms with E-state index in [-0.39, 0.29) is 5.75 Å². The van der Waals surface area contributed by atoms with Gasteiger partial charge in [-0.05, 0) is 37.6 Å². The Kier molecular flexibility index (Phi) is 7.18. The first-order valence-electron chi connectivity index (χ1n) is 8.09.